The van der Waals surface area contributed by atoms with E-state index in [0.29, 0.717) is 5.57 Å². The molecule has 118 valence electrons. The van der Waals surface area contributed by atoms with E-state index in [0.717, 1.165) is 11.3 Å². The molecule has 3 nitrogen and oxygen atoms in total. The monoisotopic (exact) mass is 312 g/mol. The first-order valence-electron chi connectivity index (χ1n) is 7.48. The Kier molecular flexibility index (Phi) is 4.15. The van der Waals surface area contributed by atoms with E-state index in [1.807, 2.05) is 38.1 Å². The third-order valence-corrected chi connectivity index (χ3v) is 3.47. The van der Waals surface area contributed by atoms with Crippen LogP contribution in [-0.2, 0) is 0 Å². The minimum absolute atomic E-state index is 0.0373. The topological polar surface area (TPSA) is 35.5 Å². The van der Waals surface area contributed by atoms with Crippen LogP contribution in [0, 0.1) is 5.82 Å². The SMILES string of the molecule is CC(C)Oc1ccc(C=C2COc3c(F)cccc3C2=O)cc1. The molecule has 23 heavy (non-hydrogen) atoms. The summed E-state index contributed by atoms with van der Waals surface area (Å²) in [7, 11) is 0. The number of ketones is 1. The molecule has 2 aromatic carbocycles. The molecular formula is C19H17FO3. The molecule has 0 radical (unpaired) electrons. The fourth-order valence-electron chi connectivity index (χ4n) is 2.45. The number of rotatable bonds is 3. The van der Waals surface area contributed by atoms with Crippen molar-refractivity contribution in [1.82, 2.24) is 0 Å². The largest absolute Gasteiger partial charge is 0.491 e. The Morgan fingerprint density at radius 1 is 1.17 bits per heavy atom. The van der Waals surface area contributed by atoms with Crippen LogP contribution < -0.4 is 9.47 Å². The fraction of sp³-hybridized carbons (Fsp3) is 0.211. The van der Waals surface area contributed by atoms with Crippen molar-refractivity contribution in [2.24, 2.45) is 0 Å². The molecule has 0 atom stereocenters. The normalized spacial score (nSPS) is 15.5. The van der Waals surface area contributed by atoms with Crippen LogP contribution in [-0.4, -0.2) is 18.5 Å². The van der Waals surface area contributed by atoms with Gasteiger partial charge in [-0.2, -0.15) is 0 Å². The summed E-state index contributed by atoms with van der Waals surface area (Å²) in [6.07, 6.45) is 1.87. The molecule has 0 bridgehead atoms. The summed E-state index contributed by atoms with van der Waals surface area (Å²) in [5, 5.41) is 0. The van der Waals surface area contributed by atoms with E-state index in [9.17, 15) is 9.18 Å². The molecule has 0 aliphatic carbocycles. The summed E-state index contributed by atoms with van der Waals surface area (Å²) >= 11 is 0. The second kappa shape index (κ2) is 6.24. The highest BCUT2D eigenvalue weighted by atomic mass is 19.1. The van der Waals surface area contributed by atoms with Crippen LogP contribution >= 0.6 is 0 Å². The molecule has 0 saturated carbocycles. The van der Waals surface area contributed by atoms with Crippen molar-refractivity contribution in [1.29, 1.82) is 0 Å². The smallest absolute Gasteiger partial charge is 0.196 e. The molecule has 4 heteroatoms. The average Bonchev–Trinajstić information content (AvgIpc) is 2.52. The van der Waals surface area contributed by atoms with Gasteiger partial charge < -0.3 is 9.47 Å². The third kappa shape index (κ3) is 3.26. The summed E-state index contributed by atoms with van der Waals surface area (Å²) in [5.41, 5.74) is 1.63. The number of para-hydroxylation sites is 1. The molecule has 0 aromatic heterocycles. The fourth-order valence-corrected chi connectivity index (χ4v) is 2.45. The number of halogens is 1. The van der Waals surface area contributed by atoms with Gasteiger partial charge in [-0.05, 0) is 49.8 Å². The lowest BCUT2D eigenvalue weighted by Crippen LogP contribution is -2.19. The zero-order chi connectivity index (χ0) is 16.4. The van der Waals surface area contributed by atoms with Crippen LogP contribution in [0.25, 0.3) is 6.08 Å². The zero-order valence-corrected chi connectivity index (χ0v) is 13.0. The number of carbonyl (C=O) groups excluding carboxylic acids is 1. The maximum Gasteiger partial charge on any atom is 0.196 e. The second-order valence-electron chi connectivity index (χ2n) is 5.64. The van der Waals surface area contributed by atoms with E-state index < -0.39 is 5.82 Å². The first-order valence-corrected chi connectivity index (χ1v) is 7.48. The number of fused-ring (bicyclic) bond motifs is 1. The molecular weight excluding hydrogens is 295 g/mol. The van der Waals surface area contributed by atoms with E-state index in [4.69, 9.17) is 9.47 Å². The lowest BCUT2D eigenvalue weighted by atomic mass is 9.98. The van der Waals surface area contributed by atoms with Crippen molar-refractivity contribution in [3.63, 3.8) is 0 Å². The Bertz CT molecular complexity index is 761. The molecule has 0 unspecified atom stereocenters. The van der Waals surface area contributed by atoms with E-state index in [1.165, 1.54) is 12.1 Å². The molecule has 1 aliphatic rings. The van der Waals surface area contributed by atoms with Crippen molar-refractivity contribution in [2.45, 2.75) is 20.0 Å². The summed E-state index contributed by atoms with van der Waals surface area (Å²) in [6.45, 7) is 3.99. The van der Waals surface area contributed by atoms with Gasteiger partial charge in [-0.15, -0.1) is 0 Å². The van der Waals surface area contributed by atoms with Gasteiger partial charge >= 0.3 is 0 Å². The number of Topliss-reactive ketones (excluding diaryl/α,β-unsaturated/α-hetero) is 1. The molecule has 0 saturated heterocycles. The maximum atomic E-state index is 13.6. The van der Waals surface area contributed by atoms with Gasteiger partial charge in [0.15, 0.2) is 17.3 Å². The highest BCUT2D eigenvalue weighted by Gasteiger charge is 2.25. The lowest BCUT2D eigenvalue weighted by Gasteiger charge is -2.19. The molecule has 1 heterocycles. The summed E-state index contributed by atoms with van der Waals surface area (Å²) in [5.74, 6) is 0.106. The average molecular weight is 312 g/mol. The molecule has 3 rings (SSSR count). The highest BCUT2D eigenvalue weighted by Crippen LogP contribution is 2.30. The Balaban J connectivity index is 1.85. The first-order chi connectivity index (χ1) is 11.0. The zero-order valence-electron chi connectivity index (χ0n) is 13.0. The molecule has 0 N–H and O–H groups in total. The first kappa shape index (κ1) is 15.3. The molecule has 1 aliphatic heterocycles. The van der Waals surface area contributed by atoms with E-state index >= 15 is 0 Å². The summed E-state index contributed by atoms with van der Waals surface area (Å²) in [4.78, 5) is 12.4. The predicted molar refractivity (Wildman–Crippen MR) is 86.4 cm³/mol. The van der Waals surface area contributed by atoms with E-state index in [2.05, 4.69) is 0 Å². The predicted octanol–water partition coefficient (Wildman–Crippen LogP) is 4.27. The number of hydrogen-bond donors (Lipinski definition) is 0. The molecule has 2 aromatic rings. The van der Waals surface area contributed by atoms with Crippen LogP contribution in [0.4, 0.5) is 4.39 Å². The summed E-state index contributed by atoms with van der Waals surface area (Å²) in [6, 6.07) is 11.8. The van der Waals surface area contributed by atoms with Gasteiger partial charge in [0.05, 0.1) is 11.7 Å². The minimum Gasteiger partial charge on any atom is -0.491 e. The van der Waals surface area contributed by atoms with Gasteiger partial charge in [-0.3, -0.25) is 4.79 Å². The molecule has 0 amide bonds. The van der Waals surface area contributed by atoms with E-state index in [-0.39, 0.29) is 29.8 Å². The Hall–Kier alpha value is -2.62. The minimum atomic E-state index is -0.509. The second-order valence-corrected chi connectivity index (χ2v) is 5.64. The quantitative estimate of drug-likeness (QED) is 0.794. The third-order valence-electron chi connectivity index (χ3n) is 3.47. The molecule has 0 spiro atoms. The van der Waals surface area contributed by atoms with Crippen LogP contribution in [0.3, 0.4) is 0 Å². The van der Waals surface area contributed by atoms with Gasteiger partial charge in [-0.1, -0.05) is 18.2 Å². The van der Waals surface area contributed by atoms with Gasteiger partial charge in [0.2, 0.25) is 0 Å². The van der Waals surface area contributed by atoms with Crippen molar-refractivity contribution >= 4 is 11.9 Å². The van der Waals surface area contributed by atoms with Crippen LogP contribution in [0.5, 0.6) is 11.5 Å². The van der Waals surface area contributed by atoms with Gasteiger partial charge in [-0.25, -0.2) is 4.39 Å². The number of hydrogen-bond acceptors (Lipinski definition) is 3. The van der Waals surface area contributed by atoms with Gasteiger partial charge in [0.1, 0.15) is 12.4 Å². The van der Waals surface area contributed by atoms with Crippen LogP contribution in [0.15, 0.2) is 48.0 Å². The van der Waals surface area contributed by atoms with Crippen molar-refractivity contribution in [2.75, 3.05) is 6.61 Å². The van der Waals surface area contributed by atoms with Crippen molar-refractivity contribution < 1.29 is 18.7 Å². The summed E-state index contributed by atoms with van der Waals surface area (Å²) < 4.78 is 24.6. The standard InChI is InChI=1S/C19H17FO3/c1-12(2)23-15-8-6-13(7-9-15)10-14-11-22-19-16(18(14)21)4-3-5-17(19)20/h3-10,12H,11H2,1-2H3. The van der Waals surface area contributed by atoms with Gasteiger partial charge in [0.25, 0.3) is 0 Å². The maximum absolute atomic E-state index is 13.6. The van der Waals surface area contributed by atoms with Gasteiger partial charge in [0, 0.05) is 5.57 Å². The number of benzene rings is 2. The Morgan fingerprint density at radius 2 is 1.91 bits per heavy atom. The Morgan fingerprint density at radius 3 is 2.61 bits per heavy atom. The lowest BCUT2D eigenvalue weighted by molar-refractivity contribution is 0.0998. The Labute approximate surface area is 134 Å². The molecule has 0 fully saturated rings. The van der Waals surface area contributed by atoms with Crippen LogP contribution in [0.2, 0.25) is 0 Å². The highest BCUT2D eigenvalue weighted by molar-refractivity contribution is 6.14. The number of ether oxygens (including phenoxy) is 2. The number of carbonyl (C=O) groups is 1. The van der Waals surface area contributed by atoms with Crippen molar-refractivity contribution in [3.8, 4) is 11.5 Å². The van der Waals surface area contributed by atoms with E-state index in [1.54, 1.807) is 12.1 Å². The van der Waals surface area contributed by atoms with Crippen molar-refractivity contribution in [3.05, 3.63) is 65.0 Å². The van der Waals surface area contributed by atoms with Crippen LogP contribution in [0.1, 0.15) is 29.8 Å².